The van der Waals surface area contributed by atoms with E-state index in [1.807, 2.05) is 0 Å². The summed E-state index contributed by atoms with van der Waals surface area (Å²) in [4.78, 5) is 0. The minimum atomic E-state index is -0.965. The Morgan fingerprint density at radius 3 is 2.94 bits per heavy atom. The lowest BCUT2D eigenvalue weighted by molar-refractivity contribution is 0.163. The van der Waals surface area contributed by atoms with Crippen LogP contribution in [0.5, 0.6) is 0 Å². The van der Waals surface area contributed by atoms with E-state index in [2.05, 4.69) is 5.32 Å². The third kappa shape index (κ3) is 3.48. The number of aliphatic hydroxyl groups is 1. The molecular weight excluding hydrogens is 240 g/mol. The molecule has 2 atom stereocenters. The fourth-order valence-corrected chi connectivity index (χ4v) is 2.05. The second-order valence-electron chi connectivity index (χ2n) is 4.57. The lowest BCUT2D eigenvalue weighted by Gasteiger charge is -2.15. The van der Waals surface area contributed by atoms with E-state index in [1.54, 1.807) is 0 Å². The molecule has 0 aliphatic carbocycles. The molecule has 1 saturated heterocycles. The van der Waals surface area contributed by atoms with E-state index in [9.17, 15) is 13.9 Å². The summed E-state index contributed by atoms with van der Waals surface area (Å²) in [7, 11) is 0. The highest BCUT2D eigenvalue weighted by atomic mass is 19.1. The number of aliphatic hydroxyl groups excluding tert-OH is 1. The number of nitrogens with one attached hydrogen (secondary N) is 1. The van der Waals surface area contributed by atoms with Crippen LogP contribution in [-0.4, -0.2) is 31.4 Å². The second-order valence-corrected chi connectivity index (χ2v) is 4.57. The van der Waals surface area contributed by atoms with Gasteiger partial charge in [0.05, 0.1) is 12.7 Å². The maximum absolute atomic E-state index is 13.4. The van der Waals surface area contributed by atoms with E-state index in [-0.39, 0.29) is 12.1 Å². The molecule has 3 nitrogen and oxygen atoms in total. The number of rotatable bonds is 5. The Kier molecular flexibility index (Phi) is 4.63. The Labute approximate surface area is 105 Å². The molecule has 0 saturated carbocycles. The van der Waals surface area contributed by atoms with Crippen LogP contribution in [0.4, 0.5) is 8.78 Å². The summed E-state index contributed by atoms with van der Waals surface area (Å²) < 4.78 is 31.3. The second kappa shape index (κ2) is 6.22. The molecule has 1 aromatic rings. The van der Waals surface area contributed by atoms with Crippen molar-refractivity contribution in [1.29, 1.82) is 0 Å². The smallest absolute Gasteiger partial charge is 0.131 e. The van der Waals surface area contributed by atoms with E-state index >= 15 is 0 Å². The fourth-order valence-electron chi connectivity index (χ4n) is 2.05. The van der Waals surface area contributed by atoms with Gasteiger partial charge in [-0.1, -0.05) is 6.07 Å². The highest BCUT2D eigenvalue weighted by molar-refractivity contribution is 5.21. The number of benzene rings is 1. The normalized spacial score (nSPS) is 21.2. The predicted octanol–water partition coefficient (Wildman–Crippen LogP) is 1.62. The lowest BCUT2D eigenvalue weighted by atomic mass is 10.1. The predicted molar refractivity (Wildman–Crippen MR) is 63.1 cm³/mol. The molecule has 100 valence electrons. The summed E-state index contributed by atoms with van der Waals surface area (Å²) in [5.41, 5.74) is 0.117. The van der Waals surface area contributed by atoms with Gasteiger partial charge in [0, 0.05) is 31.3 Å². The van der Waals surface area contributed by atoms with Crippen LogP contribution >= 0.6 is 0 Å². The van der Waals surface area contributed by atoms with Crippen LogP contribution in [-0.2, 0) is 4.74 Å². The van der Waals surface area contributed by atoms with E-state index in [4.69, 9.17) is 4.74 Å². The summed E-state index contributed by atoms with van der Waals surface area (Å²) in [5.74, 6) is -0.900. The number of halogens is 2. The summed E-state index contributed by atoms with van der Waals surface area (Å²) in [6.07, 6.45) is 0.0431. The van der Waals surface area contributed by atoms with Crippen molar-refractivity contribution in [1.82, 2.24) is 5.32 Å². The van der Waals surface area contributed by atoms with Crippen molar-refractivity contribution >= 4 is 0 Å². The average Bonchev–Trinajstić information content (AvgIpc) is 2.81. The highest BCUT2D eigenvalue weighted by Gasteiger charge is 2.17. The molecule has 0 spiro atoms. The van der Waals surface area contributed by atoms with Crippen LogP contribution in [0.3, 0.4) is 0 Å². The maximum atomic E-state index is 13.4. The topological polar surface area (TPSA) is 41.5 Å². The molecule has 2 rings (SSSR count). The van der Waals surface area contributed by atoms with E-state index < -0.39 is 17.7 Å². The van der Waals surface area contributed by atoms with Gasteiger partial charge in [-0.3, -0.25) is 0 Å². The molecule has 5 heteroatoms. The van der Waals surface area contributed by atoms with Crippen LogP contribution in [0.25, 0.3) is 0 Å². The molecular formula is C13H17F2NO2. The molecule has 2 N–H and O–H groups in total. The van der Waals surface area contributed by atoms with Gasteiger partial charge in [-0.15, -0.1) is 0 Å². The zero-order valence-corrected chi connectivity index (χ0v) is 10.0. The van der Waals surface area contributed by atoms with Gasteiger partial charge >= 0.3 is 0 Å². The first-order chi connectivity index (χ1) is 8.66. The van der Waals surface area contributed by atoms with E-state index in [0.29, 0.717) is 5.92 Å². The number of hydrogen-bond acceptors (Lipinski definition) is 3. The standard InChI is InChI=1S/C13H17F2NO2/c14-10-1-2-11(12(15)5-10)13(17)7-16-6-9-3-4-18-8-9/h1-2,5,9,13,16-17H,3-4,6-8H2. The Bertz CT molecular complexity index is 395. The first-order valence-corrected chi connectivity index (χ1v) is 6.08. The third-order valence-corrected chi connectivity index (χ3v) is 3.12. The zero-order chi connectivity index (χ0) is 13.0. The van der Waals surface area contributed by atoms with Crippen LogP contribution in [0, 0.1) is 17.6 Å². The van der Waals surface area contributed by atoms with E-state index in [1.165, 1.54) is 6.07 Å². The van der Waals surface area contributed by atoms with Crippen molar-refractivity contribution in [2.24, 2.45) is 5.92 Å². The number of hydrogen-bond donors (Lipinski definition) is 2. The largest absolute Gasteiger partial charge is 0.387 e. The van der Waals surface area contributed by atoms with Gasteiger partial charge in [-0.2, -0.15) is 0 Å². The molecule has 1 heterocycles. The van der Waals surface area contributed by atoms with Gasteiger partial charge in [0.2, 0.25) is 0 Å². The molecule has 0 amide bonds. The Balaban J connectivity index is 1.81. The Morgan fingerprint density at radius 1 is 1.44 bits per heavy atom. The van der Waals surface area contributed by atoms with Crippen molar-refractivity contribution in [2.75, 3.05) is 26.3 Å². The molecule has 1 aromatic carbocycles. The molecule has 1 aliphatic rings. The highest BCUT2D eigenvalue weighted by Crippen LogP contribution is 2.17. The van der Waals surface area contributed by atoms with Crippen LogP contribution in [0.15, 0.2) is 18.2 Å². The minimum Gasteiger partial charge on any atom is -0.387 e. The molecule has 1 aliphatic heterocycles. The molecule has 1 fully saturated rings. The van der Waals surface area contributed by atoms with Crippen molar-refractivity contribution in [3.63, 3.8) is 0 Å². The molecule has 0 bridgehead atoms. The average molecular weight is 257 g/mol. The molecule has 2 unspecified atom stereocenters. The maximum Gasteiger partial charge on any atom is 0.131 e. The van der Waals surface area contributed by atoms with Crippen LogP contribution in [0.1, 0.15) is 18.1 Å². The van der Waals surface area contributed by atoms with Gasteiger partial charge < -0.3 is 15.2 Å². The monoisotopic (exact) mass is 257 g/mol. The molecule has 0 aromatic heterocycles. The first kappa shape index (κ1) is 13.4. The van der Waals surface area contributed by atoms with Gasteiger partial charge in [0.1, 0.15) is 11.6 Å². The Morgan fingerprint density at radius 2 is 2.28 bits per heavy atom. The molecule has 18 heavy (non-hydrogen) atoms. The quantitative estimate of drug-likeness (QED) is 0.842. The summed E-state index contributed by atoms with van der Waals surface area (Å²) in [6.45, 7) is 2.49. The lowest BCUT2D eigenvalue weighted by Crippen LogP contribution is -2.28. The third-order valence-electron chi connectivity index (χ3n) is 3.12. The Hall–Kier alpha value is -1.04. The summed E-state index contributed by atoms with van der Waals surface area (Å²) in [6, 6.07) is 3.20. The molecule has 0 radical (unpaired) electrons. The first-order valence-electron chi connectivity index (χ1n) is 6.08. The van der Waals surface area contributed by atoms with E-state index in [0.717, 1.165) is 38.3 Å². The van der Waals surface area contributed by atoms with Crippen molar-refractivity contribution < 1.29 is 18.6 Å². The SMILES string of the molecule is OC(CNCC1CCOC1)c1ccc(F)cc1F. The van der Waals surface area contributed by atoms with Gasteiger partial charge in [0.15, 0.2) is 0 Å². The van der Waals surface area contributed by atoms with Crippen molar-refractivity contribution in [3.05, 3.63) is 35.4 Å². The van der Waals surface area contributed by atoms with Gasteiger partial charge in [-0.25, -0.2) is 8.78 Å². The fraction of sp³-hybridized carbons (Fsp3) is 0.538. The minimum absolute atomic E-state index is 0.117. The summed E-state index contributed by atoms with van der Waals surface area (Å²) >= 11 is 0. The summed E-state index contributed by atoms with van der Waals surface area (Å²) in [5, 5.41) is 12.9. The zero-order valence-electron chi connectivity index (χ0n) is 10.0. The van der Waals surface area contributed by atoms with Crippen molar-refractivity contribution in [2.45, 2.75) is 12.5 Å². The van der Waals surface area contributed by atoms with Gasteiger partial charge in [0.25, 0.3) is 0 Å². The van der Waals surface area contributed by atoms with Crippen molar-refractivity contribution in [3.8, 4) is 0 Å². The van der Waals surface area contributed by atoms with Crippen LogP contribution in [0.2, 0.25) is 0 Å². The van der Waals surface area contributed by atoms with Crippen LogP contribution < -0.4 is 5.32 Å². The van der Waals surface area contributed by atoms with Gasteiger partial charge in [-0.05, 0) is 18.4 Å². The number of ether oxygens (including phenoxy) is 1.